The van der Waals surface area contributed by atoms with E-state index in [1.807, 2.05) is 0 Å². The van der Waals surface area contributed by atoms with Crippen molar-refractivity contribution < 1.29 is 4.74 Å². The molecule has 0 radical (unpaired) electrons. The summed E-state index contributed by atoms with van der Waals surface area (Å²) in [5.74, 6) is 0. The highest BCUT2D eigenvalue weighted by Gasteiger charge is 2.42. The molecule has 1 saturated heterocycles. The van der Waals surface area contributed by atoms with E-state index in [-0.39, 0.29) is 0 Å². The Labute approximate surface area is 86.6 Å². The molecule has 0 aromatic rings. The molecule has 0 aromatic carbocycles. The number of hydrogen-bond acceptors (Lipinski definition) is 3. The third kappa shape index (κ3) is 2.47. The molecule has 2 fully saturated rings. The van der Waals surface area contributed by atoms with Crippen molar-refractivity contribution in [2.45, 2.75) is 32.3 Å². The van der Waals surface area contributed by atoms with Gasteiger partial charge in [-0.05, 0) is 38.1 Å². The molecule has 1 saturated carbocycles. The standard InChI is InChI=1S/C11H22N2O/c1-10-7-13(5-2-6-14-10)9-11(8-12)3-4-11/h10H,2-9,12H2,1H3. The van der Waals surface area contributed by atoms with Crippen LogP contribution in [0.2, 0.25) is 0 Å². The summed E-state index contributed by atoms with van der Waals surface area (Å²) < 4.78 is 5.63. The summed E-state index contributed by atoms with van der Waals surface area (Å²) in [7, 11) is 0. The Morgan fingerprint density at radius 3 is 2.93 bits per heavy atom. The quantitative estimate of drug-likeness (QED) is 0.730. The number of ether oxygens (including phenoxy) is 1. The maximum Gasteiger partial charge on any atom is 0.0673 e. The molecule has 0 aromatic heterocycles. The molecule has 3 nitrogen and oxygen atoms in total. The van der Waals surface area contributed by atoms with Gasteiger partial charge in [0.25, 0.3) is 0 Å². The van der Waals surface area contributed by atoms with E-state index in [2.05, 4.69) is 11.8 Å². The number of nitrogens with two attached hydrogens (primary N) is 1. The smallest absolute Gasteiger partial charge is 0.0673 e. The fraction of sp³-hybridized carbons (Fsp3) is 1.00. The zero-order chi connectivity index (χ0) is 10.0. The van der Waals surface area contributed by atoms with E-state index in [9.17, 15) is 0 Å². The summed E-state index contributed by atoms with van der Waals surface area (Å²) in [6.45, 7) is 7.41. The van der Waals surface area contributed by atoms with Gasteiger partial charge in [0, 0.05) is 26.2 Å². The Morgan fingerprint density at radius 2 is 2.29 bits per heavy atom. The predicted octanol–water partition coefficient (Wildman–Crippen LogP) is 0.836. The molecule has 3 heteroatoms. The molecule has 1 aliphatic heterocycles. The van der Waals surface area contributed by atoms with Crippen LogP contribution in [0.4, 0.5) is 0 Å². The second kappa shape index (κ2) is 4.17. The predicted molar refractivity (Wildman–Crippen MR) is 57.2 cm³/mol. The molecule has 0 spiro atoms. The molecule has 1 aliphatic carbocycles. The fourth-order valence-corrected chi connectivity index (χ4v) is 2.30. The fourth-order valence-electron chi connectivity index (χ4n) is 2.30. The average molecular weight is 198 g/mol. The third-order valence-corrected chi connectivity index (χ3v) is 3.49. The van der Waals surface area contributed by atoms with Crippen LogP contribution < -0.4 is 5.73 Å². The second-order valence-electron chi connectivity index (χ2n) is 4.97. The highest BCUT2D eigenvalue weighted by molar-refractivity contribution is 4.96. The van der Waals surface area contributed by atoms with Crippen LogP contribution in [0.25, 0.3) is 0 Å². The number of nitrogens with zero attached hydrogens (tertiary/aromatic N) is 1. The molecule has 2 aliphatic rings. The largest absolute Gasteiger partial charge is 0.377 e. The Balaban J connectivity index is 1.83. The van der Waals surface area contributed by atoms with Crippen LogP contribution in [0, 0.1) is 5.41 Å². The minimum Gasteiger partial charge on any atom is -0.377 e. The minimum absolute atomic E-state index is 0.395. The highest BCUT2D eigenvalue weighted by atomic mass is 16.5. The first-order valence-corrected chi connectivity index (χ1v) is 5.78. The van der Waals surface area contributed by atoms with Gasteiger partial charge in [-0.3, -0.25) is 0 Å². The normalized spacial score (nSPS) is 32.6. The zero-order valence-electron chi connectivity index (χ0n) is 9.17. The lowest BCUT2D eigenvalue weighted by Crippen LogP contribution is -2.37. The van der Waals surface area contributed by atoms with Crippen molar-refractivity contribution in [3.63, 3.8) is 0 Å². The lowest BCUT2D eigenvalue weighted by atomic mass is 10.1. The summed E-state index contributed by atoms with van der Waals surface area (Å²) in [6, 6.07) is 0. The van der Waals surface area contributed by atoms with Crippen molar-refractivity contribution >= 4 is 0 Å². The van der Waals surface area contributed by atoms with E-state index < -0.39 is 0 Å². The van der Waals surface area contributed by atoms with Crippen molar-refractivity contribution in [2.24, 2.45) is 11.1 Å². The molecule has 1 unspecified atom stereocenters. The van der Waals surface area contributed by atoms with Gasteiger partial charge in [0.05, 0.1) is 6.10 Å². The molecule has 14 heavy (non-hydrogen) atoms. The Kier molecular flexibility index (Phi) is 3.10. The summed E-state index contributed by atoms with van der Waals surface area (Å²) in [4.78, 5) is 2.54. The van der Waals surface area contributed by atoms with Crippen LogP contribution in [0.3, 0.4) is 0 Å². The molecular formula is C11H22N2O. The van der Waals surface area contributed by atoms with Crippen LogP contribution in [0.15, 0.2) is 0 Å². The number of rotatable bonds is 3. The average Bonchev–Trinajstić information content (AvgIpc) is 2.94. The molecular weight excluding hydrogens is 176 g/mol. The maximum atomic E-state index is 5.80. The first-order valence-electron chi connectivity index (χ1n) is 5.78. The summed E-state index contributed by atoms with van der Waals surface area (Å²) >= 11 is 0. The first-order chi connectivity index (χ1) is 6.74. The monoisotopic (exact) mass is 198 g/mol. The van der Waals surface area contributed by atoms with Gasteiger partial charge in [-0.2, -0.15) is 0 Å². The van der Waals surface area contributed by atoms with E-state index >= 15 is 0 Å². The molecule has 82 valence electrons. The second-order valence-corrected chi connectivity index (χ2v) is 4.97. The number of hydrogen-bond donors (Lipinski definition) is 1. The van der Waals surface area contributed by atoms with Gasteiger partial charge in [-0.25, -0.2) is 0 Å². The van der Waals surface area contributed by atoms with Gasteiger partial charge < -0.3 is 15.4 Å². The Morgan fingerprint density at radius 1 is 1.50 bits per heavy atom. The van der Waals surface area contributed by atoms with E-state index in [1.54, 1.807) is 0 Å². The van der Waals surface area contributed by atoms with Gasteiger partial charge in [0.1, 0.15) is 0 Å². The molecule has 1 atom stereocenters. The topological polar surface area (TPSA) is 38.5 Å². The van der Waals surface area contributed by atoms with Crippen LogP contribution in [-0.4, -0.2) is 43.8 Å². The van der Waals surface area contributed by atoms with Crippen molar-refractivity contribution in [2.75, 3.05) is 32.8 Å². The SMILES string of the molecule is CC1CN(CC2(CN)CC2)CCCO1. The molecule has 0 bridgehead atoms. The van der Waals surface area contributed by atoms with Gasteiger partial charge in [0.15, 0.2) is 0 Å². The van der Waals surface area contributed by atoms with E-state index in [0.717, 1.165) is 19.7 Å². The summed E-state index contributed by atoms with van der Waals surface area (Å²) in [5.41, 5.74) is 6.28. The molecule has 1 heterocycles. The molecule has 2 N–H and O–H groups in total. The van der Waals surface area contributed by atoms with E-state index in [1.165, 1.54) is 32.4 Å². The van der Waals surface area contributed by atoms with Crippen molar-refractivity contribution in [1.82, 2.24) is 4.90 Å². The summed E-state index contributed by atoms with van der Waals surface area (Å²) in [5, 5.41) is 0. The molecule has 0 amide bonds. The zero-order valence-corrected chi connectivity index (χ0v) is 9.17. The van der Waals surface area contributed by atoms with Crippen LogP contribution >= 0.6 is 0 Å². The van der Waals surface area contributed by atoms with Gasteiger partial charge in [-0.15, -0.1) is 0 Å². The van der Waals surface area contributed by atoms with Gasteiger partial charge in [-0.1, -0.05) is 0 Å². The van der Waals surface area contributed by atoms with Crippen LogP contribution in [0.1, 0.15) is 26.2 Å². The summed E-state index contributed by atoms with van der Waals surface area (Å²) in [6.07, 6.45) is 4.22. The van der Waals surface area contributed by atoms with E-state index in [0.29, 0.717) is 11.5 Å². The lowest BCUT2D eigenvalue weighted by molar-refractivity contribution is 0.0649. The third-order valence-electron chi connectivity index (χ3n) is 3.49. The minimum atomic E-state index is 0.395. The first kappa shape index (κ1) is 10.4. The van der Waals surface area contributed by atoms with Crippen molar-refractivity contribution in [3.8, 4) is 0 Å². The Hall–Kier alpha value is -0.120. The lowest BCUT2D eigenvalue weighted by Gasteiger charge is -2.26. The highest BCUT2D eigenvalue weighted by Crippen LogP contribution is 2.45. The van der Waals surface area contributed by atoms with Gasteiger partial charge in [0.2, 0.25) is 0 Å². The molecule has 2 rings (SSSR count). The Bertz CT molecular complexity index is 192. The van der Waals surface area contributed by atoms with E-state index in [4.69, 9.17) is 10.5 Å². The van der Waals surface area contributed by atoms with Crippen LogP contribution in [0.5, 0.6) is 0 Å². The van der Waals surface area contributed by atoms with Crippen LogP contribution in [-0.2, 0) is 4.74 Å². The van der Waals surface area contributed by atoms with Crippen molar-refractivity contribution in [1.29, 1.82) is 0 Å². The van der Waals surface area contributed by atoms with Gasteiger partial charge >= 0.3 is 0 Å². The van der Waals surface area contributed by atoms with Crippen molar-refractivity contribution in [3.05, 3.63) is 0 Å². The maximum absolute atomic E-state index is 5.80.